The van der Waals surface area contributed by atoms with Gasteiger partial charge in [0.15, 0.2) is 0 Å². The molecule has 4 rings (SSSR count). The van der Waals surface area contributed by atoms with E-state index in [1.165, 1.54) is 6.07 Å². The second-order valence-corrected chi connectivity index (χ2v) is 7.50. The standard InChI is InChI=1S/C22H25F3N4O2/c1-30-16-5-6-19(31-2)17(12-16)21-18(14-28-10-3-8-26-9-11-28)29-13-15(22(23,24)25)4-7-20(29)27-21/h4-7,12-13,26H,3,8-11,14H2,1-2H3. The van der Waals surface area contributed by atoms with E-state index in [0.29, 0.717) is 40.6 Å². The molecule has 0 saturated carbocycles. The van der Waals surface area contributed by atoms with E-state index in [2.05, 4.69) is 10.2 Å². The van der Waals surface area contributed by atoms with Gasteiger partial charge in [-0.25, -0.2) is 4.98 Å². The second-order valence-electron chi connectivity index (χ2n) is 7.50. The highest BCUT2D eigenvalue weighted by molar-refractivity contribution is 5.74. The molecular formula is C22H25F3N4O2. The SMILES string of the molecule is COc1ccc(OC)c(-c2nc3ccc(C(F)(F)F)cn3c2CN2CCCNCC2)c1. The Balaban J connectivity index is 1.89. The van der Waals surface area contributed by atoms with Gasteiger partial charge in [0, 0.05) is 31.4 Å². The monoisotopic (exact) mass is 434 g/mol. The Labute approximate surface area is 178 Å². The van der Waals surface area contributed by atoms with E-state index in [4.69, 9.17) is 14.5 Å². The summed E-state index contributed by atoms with van der Waals surface area (Å²) < 4.78 is 52.7. The molecule has 1 fully saturated rings. The molecule has 0 radical (unpaired) electrons. The number of ether oxygens (including phenoxy) is 2. The molecule has 0 aliphatic carbocycles. The summed E-state index contributed by atoms with van der Waals surface area (Å²) in [5, 5.41) is 3.35. The first-order valence-corrected chi connectivity index (χ1v) is 10.1. The lowest BCUT2D eigenvalue weighted by molar-refractivity contribution is -0.137. The molecule has 1 saturated heterocycles. The van der Waals surface area contributed by atoms with E-state index in [9.17, 15) is 13.2 Å². The average molecular weight is 434 g/mol. The van der Waals surface area contributed by atoms with E-state index in [-0.39, 0.29) is 0 Å². The maximum atomic E-state index is 13.4. The number of imidazole rings is 1. The highest BCUT2D eigenvalue weighted by atomic mass is 19.4. The summed E-state index contributed by atoms with van der Waals surface area (Å²) in [5.74, 6) is 1.20. The number of methoxy groups -OCH3 is 2. The summed E-state index contributed by atoms with van der Waals surface area (Å²) in [6.45, 7) is 3.90. The van der Waals surface area contributed by atoms with Gasteiger partial charge < -0.3 is 19.2 Å². The third-order valence-corrected chi connectivity index (χ3v) is 5.51. The van der Waals surface area contributed by atoms with Crippen molar-refractivity contribution in [1.29, 1.82) is 0 Å². The summed E-state index contributed by atoms with van der Waals surface area (Å²) in [5.41, 5.74) is 1.71. The molecule has 3 aromatic rings. The van der Waals surface area contributed by atoms with Crippen LogP contribution in [0.4, 0.5) is 13.2 Å². The number of pyridine rings is 1. The molecule has 3 heterocycles. The van der Waals surface area contributed by atoms with Crippen molar-refractivity contribution in [2.45, 2.75) is 19.1 Å². The maximum Gasteiger partial charge on any atom is 0.417 e. The maximum absolute atomic E-state index is 13.4. The van der Waals surface area contributed by atoms with E-state index >= 15 is 0 Å². The van der Waals surface area contributed by atoms with Gasteiger partial charge in [0.2, 0.25) is 0 Å². The molecule has 166 valence electrons. The molecule has 2 aromatic heterocycles. The molecule has 0 bridgehead atoms. The van der Waals surface area contributed by atoms with Crippen LogP contribution in [0.5, 0.6) is 11.5 Å². The van der Waals surface area contributed by atoms with Gasteiger partial charge in [-0.1, -0.05) is 0 Å². The lowest BCUT2D eigenvalue weighted by atomic mass is 10.1. The Bertz CT molecular complexity index is 1060. The van der Waals surface area contributed by atoms with Crippen molar-refractivity contribution in [3.63, 3.8) is 0 Å². The first-order valence-electron chi connectivity index (χ1n) is 10.1. The van der Waals surface area contributed by atoms with Gasteiger partial charge in [-0.05, 0) is 49.8 Å². The Hall–Kier alpha value is -2.78. The van der Waals surface area contributed by atoms with Gasteiger partial charge in [0.1, 0.15) is 17.1 Å². The summed E-state index contributed by atoms with van der Waals surface area (Å²) in [6, 6.07) is 7.83. The fourth-order valence-corrected chi connectivity index (χ4v) is 3.90. The van der Waals surface area contributed by atoms with Crippen molar-refractivity contribution in [3.05, 3.63) is 47.8 Å². The minimum absolute atomic E-state index is 0.454. The van der Waals surface area contributed by atoms with Crippen molar-refractivity contribution in [2.75, 3.05) is 40.4 Å². The molecule has 1 aromatic carbocycles. The van der Waals surface area contributed by atoms with E-state index in [0.717, 1.165) is 44.9 Å². The number of nitrogens with one attached hydrogen (secondary N) is 1. The number of fused-ring (bicyclic) bond motifs is 1. The van der Waals surface area contributed by atoms with Crippen LogP contribution in [0.15, 0.2) is 36.5 Å². The van der Waals surface area contributed by atoms with Crippen molar-refractivity contribution in [3.8, 4) is 22.8 Å². The van der Waals surface area contributed by atoms with Crippen LogP contribution in [0.1, 0.15) is 17.7 Å². The van der Waals surface area contributed by atoms with Crippen LogP contribution < -0.4 is 14.8 Å². The average Bonchev–Trinajstić information content (AvgIpc) is 2.92. The predicted octanol–water partition coefficient (Wildman–Crippen LogP) is 3.83. The van der Waals surface area contributed by atoms with Crippen molar-refractivity contribution >= 4 is 5.65 Å². The number of benzene rings is 1. The molecule has 1 aliphatic heterocycles. The summed E-state index contributed by atoms with van der Waals surface area (Å²) in [6.07, 6.45) is -2.33. The molecule has 31 heavy (non-hydrogen) atoms. The Morgan fingerprint density at radius 3 is 2.65 bits per heavy atom. The van der Waals surface area contributed by atoms with Crippen LogP contribution in [0, 0.1) is 0 Å². The summed E-state index contributed by atoms with van der Waals surface area (Å²) in [7, 11) is 3.12. The van der Waals surface area contributed by atoms with E-state index in [1.54, 1.807) is 36.8 Å². The third-order valence-electron chi connectivity index (χ3n) is 5.51. The number of alkyl halides is 3. The van der Waals surface area contributed by atoms with Crippen LogP contribution in [0.2, 0.25) is 0 Å². The normalized spacial score (nSPS) is 15.8. The summed E-state index contributed by atoms with van der Waals surface area (Å²) >= 11 is 0. The number of hydrogen-bond acceptors (Lipinski definition) is 5. The molecule has 1 aliphatic rings. The van der Waals surface area contributed by atoms with Gasteiger partial charge in [-0.3, -0.25) is 4.90 Å². The van der Waals surface area contributed by atoms with Gasteiger partial charge in [0.05, 0.1) is 31.2 Å². The van der Waals surface area contributed by atoms with Crippen molar-refractivity contribution in [1.82, 2.24) is 19.6 Å². The molecule has 9 heteroatoms. The molecule has 0 spiro atoms. The molecular weight excluding hydrogens is 409 g/mol. The third kappa shape index (κ3) is 4.47. The fraction of sp³-hybridized carbons (Fsp3) is 0.409. The molecule has 0 unspecified atom stereocenters. The number of halogens is 3. The number of aromatic nitrogens is 2. The van der Waals surface area contributed by atoms with Crippen molar-refractivity contribution in [2.24, 2.45) is 0 Å². The highest BCUT2D eigenvalue weighted by Gasteiger charge is 2.32. The lowest BCUT2D eigenvalue weighted by Gasteiger charge is -2.20. The predicted molar refractivity (Wildman–Crippen MR) is 111 cm³/mol. The quantitative estimate of drug-likeness (QED) is 0.662. The minimum atomic E-state index is -4.43. The number of rotatable bonds is 5. The Kier molecular flexibility index (Phi) is 6.06. The first kappa shape index (κ1) is 21.5. The largest absolute Gasteiger partial charge is 0.497 e. The van der Waals surface area contributed by atoms with Crippen molar-refractivity contribution < 1.29 is 22.6 Å². The topological polar surface area (TPSA) is 51.0 Å². The Morgan fingerprint density at radius 1 is 1.06 bits per heavy atom. The highest BCUT2D eigenvalue weighted by Crippen LogP contribution is 2.37. The zero-order chi connectivity index (χ0) is 22.0. The number of nitrogens with zero attached hydrogens (tertiary/aromatic N) is 3. The fourth-order valence-electron chi connectivity index (χ4n) is 3.90. The van der Waals surface area contributed by atoms with Gasteiger partial charge in [0.25, 0.3) is 0 Å². The molecule has 0 amide bonds. The van der Waals surface area contributed by atoms with Gasteiger partial charge >= 0.3 is 6.18 Å². The minimum Gasteiger partial charge on any atom is -0.497 e. The van der Waals surface area contributed by atoms with Crippen LogP contribution in [-0.2, 0) is 12.7 Å². The van der Waals surface area contributed by atoms with Gasteiger partial charge in [-0.2, -0.15) is 13.2 Å². The van der Waals surface area contributed by atoms with Crippen LogP contribution in [0.3, 0.4) is 0 Å². The smallest absolute Gasteiger partial charge is 0.417 e. The van der Waals surface area contributed by atoms with Crippen LogP contribution >= 0.6 is 0 Å². The Morgan fingerprint density at radius 2 is 1.90 bits per heavy atom. The zero-order valence-electron chi connectivity index (χ0n) is 17.5. The van der Waals surface area contributed by atoms with Crippen LogP contribution in [0.25, 0.3) is 16.9 Å². The molecule has 6 nitrogen and oxygen atoms in total. The van der Waals surface area contributed by atoms with E-state index < -0.39 is 11.7 Å². The van der Waals surface area contributed by atoms with Gasteiger partial charge in [-0.15, -0.1) is 0 Å². The van der Waals surface area contributed by atoms with E-state index in [1.807, 2.05) is 0 Å². The molecule has 1 N–H and O–H groups in total. The first-order chi connectivity index (χ1) is 14.9. The summed E-state index contributed by atoms with van der Waals surface area (Å²) in [4.78, 5) is 6.93. The lowest BCUT2D eigenvalue weighted by Crippen LogP contribution is -2.28. The number of hydrogen-bond donors (Lipinski definition) is 1. The van der Waals surface area contributed by atoms with Crippen LogP contribution in [-0.4, -0.2) is 54.7 Å². The second kappa shape index (κ2) is 8.76. The molecule has 0 atom stereocenters. The zero-order valence-corrected chi connectivity index (χ0v) is 17.5.